The van der Waals surface area contributed by atoms with Gasteiger partial charge in [-0.2, -0.15) is 0 Å². The van der Waals surface area contributed by atoms with E-state index in [2.05, 4.69) is 10.6 Å². The van der Waals surface area contributed by atoms with Crippen LogP contribution in [0.5, 0.6) is 0 Å². The molecule has 0 radical (unpaired) electrons. The minimum absolute atomic E-state index is 0.0134. The van der Waals surface area contributed by atoms with Crippen LogP contribution in [-0.2, 0) is 4.74 Å². The van der Waals surface area contributed by atoms with Crippen molar-refractivity contribution < 1.29 is 14.6 Å². The van der Waals surface area contributed by atoms with E-state index in [4.69, 9.17) is 10.5 Å². The second-order valence-corrected chi connectivity index (χ2v) is 4.33. The number of methoxy groups -OCH3 is 1. The average molecular weight is 267 g/mol. The van der Waals surface area contributed by atoms with Gasteiger partial charge in [-0.15, -0.1) is 0 Å². The molecule has 0 aliphatic carbocycles. The zero-order valence-corrected chi connectivity index (χ0v) is 11.2. The molecule has 1 aromatic carbocycles. The van der Waals surface area contributed by atoms with Gasteiger partial charge >= 0.3 is 6.03 Å². The highest BCUT2D eigenvalue weighted by Gasteiger charge is 2.12. The highest BCUT2D eigenvalue weighted by Crippen LogP contribution is 2.16. The Morgan fingerprint density at radius 3 is 2.53 bits per heavy atom. The summed E-state index contributed by atoms with van der Waals surface area (Å²) in [5.41, 5.74) is 6.73. The normalized spacial score (nSPS) is 13.8. The lowest BCUT2D eigenvalue weighted by atomic mass is 10.1. The molecular weight excluding hydrogens is 246 g/mol. The van der Waals surface area contributed by atoms with Crippen molar-refractivity contribution in [2.75, 3.05) is 25.6 Å². The molecule has 2 amide bonds. The summed E-state index contributed by atoms with van der Waals surface area (Å²) in [5, 5.41) is 15.0. The van der Waals surface area contributed by atoms with Crippen molar-refractivity contribution in [2.45, 2.75) is 19.0 Å². The first-order valence-corrected chi connectivity index (χ1v) is 6.09. The molecule has 1 rings (SSSR count). The molecule has 0 aliphatic rings. The van der Waals surface area contributed by atoms with E-state index in [-0.39, 0.29) is 18.7 Å². The molecule has 106 valence electrons. The van der Waals surface area contributed by atoms with Crippen molar-refractivity contribution in [3.05, 3.63) is 29.8 Å². The summed E-state index contributed by atoms with van der Waals surface area (Å²) in [5.74, 6) is 0. The molecule has 2 unspecified atom stereocenters. The lowest BCUT2D eigenvalue weighted by molar-refractivity contribution is 0.123. The maximum atomic E-state index is 10.7. The Morgan fingerprint density at radius 1 is 1.42 bits per heavy atom. The number of primary amides is 1. The summed E-state index contributed by atoms with van der Waals surface area (Å²) < 4.78 is 5.01. The van der Waals surface area contributed by atoms with Gasteiger partial charge in [0.25, 0.3) is 0 Å². The van der Waals surface area contributed by atoms with E-state index in [0.717, 1.165) is 5.56 Å². The van der Waals surface area contributed by atoms with Gasteiger partial charge in [0.2, 0.25) is 0 Å². The Hall–Kier alpha value is -1.63. The number of nitrogens with one attached hydrogen (secondary N) is 2. The van der Waals surface area contributed by atoms with Gasteiger partial charge in [0, 0.05) is 18.8 Å². The molecule has 0 saturated carbocycles. The Bertz CT molecular complexity index is 395. The number of hydrogen-bond acceptors (Lipinski definition) is 4. The third-order valence-electron chi connectivity index (χ3n) is 2.75. The third-order valence-corrected chi connectivity index (χ3v) is 2.75. The monoisotopic (exact) mass is 267 g/mol. The van der Waals surface area contributed by atoms with Crippen molar-refractivity contribution in [1.29, 1.82) is 0 Å². The van der Waals surface area contributed by atoms with Gasteiger partial charge in [-0.3, -0.25) is 0 Å². The molecule has 0 saturated heterocycles. The lowest BCUT2D eigenvalue weighted by Gasteiger charge is -2.21. The number of hydrogen-bond donors (Lipinski definition) is 4. The number of benzene rings is 1. The van der Waals surface area contributed by atoms with Gasteiger partial charge in [0.1, 0.15) is 0 Å². The van der Waals surface area contributed by atoms with Crippen molar-refractivity contribution in [2.24, 2.45) is 5.73 Å². The molecule has 6 nitrogen and oxygen atoms in total. The summed E-state index contributed by atoms with van der Waals surface area (Å²) in [6.45, 7) is 2.45. The fourth-order valence-electron chi connectivity index (χ4n) is 1.80. The van der Waals surface area contributed by atoms with E-state index < -0.39 is 6.03 Å². The zero-order chi connectivity index (χ0) is 14.3. The number of carbonyl (C=O) groups excluding carboxylic acids is 1. The molecular formula is C13H21N3O3. The predicted octanol–water partition coefficient (Wildman–Crippen LogP) is 0.835. The summed E-state index contributed by atoms with van der Waals surface area (Å²) in [6.07, 6.45) is 0. The van der Waals surface area contributed by atoms with Crippen LogP contribution in [0, 0.1) is 0 Å². The van der Waals surface area contributed by atoms with Gasteiger partial charge < -0.3 is 26.2 Å². The highest BCUT2D eigenvalue weighted by atomic mass is 16.5. The van der Waals surface area contributed by atoms with Gasteiger partial charge in [0.05, 0.1) is 19.3 Å². The van der Waals surface area contributed by atoms with Crippen molar-refractivity contribution >= 4 is 11.7 Å². The van der Waals surface area contributed by atoms with Crippen molar-refractivity contribution in [1.82, 2.24) is 5.32 Å². The highest BCUT2D eigenvalue weighted by molar-refractivity contribution is 5.87. The Morgan fingerprint density at radius 2 is 2.05 bits per heavy atom. The van der Waals surface area contributed by atoms with E-state index in [1.54, 1.807) is 19.2 Å². The number of carbonyl (C=O) groups is 1. The molecule has 19 heavy (non-hydrogen) atoms. The fourth-order valence-corrected chi connectivity index (χ4v) is 1.80. The Kier molecular flexibility index (Phi) is 6.27. The summed E-state index contributed by atoms with van der Waals surface area (Å²) in [6, 6.07) is 6.72. The van der Waals surface area contributed by atoms with Gasteiger partial charge in [-0.05, 0) is 24.6 Å². The molecule has 0 bridgehead atoms. The number of urea groups is 1. The van der Waals surface area contributed by atoms with Crippen molar-refractivity contribution in [3.63, 3.8) is 0 Å². The minimum atomic E-state index is -0.584. The van der Waals surface area contributed by atoms with Crippen LogP contribution < -0.4 is 16.4 Å². The van der Waals surface area contributed by atoms with E-state index >= 15 is 0 Å². The largest absolute Gasteiger partial charge is 0.395 e. The van der Waals surface area contributed by atoms with Crippen LogP contribution in [0.1, 0.15) is 18.5 Å². The van der Waals surface area contributed by atoms with E-state index in [0.29, 0.717) is 12.3 Å². The topological polar surface area (TPSA) is 96.6 Å². The summed E-state index contributed by atoms with van der Waals surface area (Å²) in [4.78, 5) is 10.7. The second kappa shape index (κ2) is 7.73. The summed E-state index contributed by atoms with van der Waals surface area (Å²) >= 11 is 0. The van der Waals surface area contributed by atoms with E-state index in [1.165, 1.54) is 0 Å². The summed E-state index contributed by atoms with van der Waals surface area (Å²) in [7, 11) is 1.60. The van der Waals surface area contributed by atoms with Crippen LogP contribution >= 0.6 is 0 Å². The first-order valence-electron chi connectivity index (χ1n) is 6.09. The fraction of sp³-hybridized carbons (Fsp3) is 0.462. The number of aliphatic hydroxyl groups is 1. The van der Waals surface area contributed by atoms with Gasteiger partial charge in [-0.1, -0.05) is 12.1 Å². The van der Waals surface area contributed by atoms with Crippen LogP contribution in [0.15, 0.2) is 24.3 Å². The number of ether oxygens (including phenoxy) is 1. The van der Waals surface area contributed by atoms with E-state index in [1.807, 2.05) is 19.1 Å². The number of nitrogens with two attached hydrogens (primary N) is 1. The molecule has 0 spiro atoms. The number of amides is 2. The molecule has 1 aromatic rings. The first-order chi connectivity index (χ1) is 9.06. The van der Waals surface area contributed by atoms with Gasteiger partial charge in [0.15, 0.2) is 0 Å². The molecule has 2 atom stereocenters. The molecule has 0 heterocycles. The average Bonchev–Trinajstić information content (AvgIpc) is 2.38. The molecule has 5 N–H and O–H groups in total. The quantitative estimate of drug-likeness (QED) is 0.588. The van der Waals surface area contributed by atoms with Crippen LogP contribution in [0.4, 0.5) is 10.5 Å². The maximum absolute atomic E-state index is 10.7. The number of anilines is 1. The third kappa shape index (κ3) is 5.25. The molecule has 0 aliphatic heterocycles. The van der Waals surface area contributed by atoms with Crippen LogP contribution in [-0.4, -0.2) is 37.5 Å². The molecule has 0 aromatic heterocycles. The smallest absolute Gasteiger partial charge is 0.316 e. The zero-order valence-electron chi connectivity index (χ0n) is 11.2. The predicted molar refractivity (Wildman–Crippen MR) is 73.9 cm³/mol. The van der Waals surface area contributed by atoms with Crippen LogP contribution in [0.2, 0.25) is 0 Å². The maximum Gasteiger partial charge on any atom is 0.316 e. The van der Waals surface area contributed by atoms with E-state index in [9.17, 15) is 9.90 Å². The molecule has 0 fully saturated rings. The minimum Gasteiger partial charge on any atom is -0.395 e. The molecule has 6 heteroatoms. The number of rotatable bonds is 7. The second-order valence-electron chi connectivity index (χ2n) is 4.33. The first kappa shape index (κ1) is 15.4. The van der Waals surface area contributed by atoms with Crippen LogP contribution in [0.25, 0.3) is 0 Å². The number of aliphatic hydroxyl groups excluding tert-OH is 1. The Labute approximate surface area is 112 Å². The SMILES string of the molecule is COCC(CO)NC(C)c1ccc(NC(N)=O)cc1. The Balaban J connectivity index is 2.61. The van der Waals surface area contributed by atoms with Crippen molar-refractivity contribution in [3.8, 4) is 0 Å². The van der Waals surface area contributed by atoms with Gasteiger partial charge in [-0.25, -0.2) is 4.79 Å². The lowest BCUT2D eigenvalue weighted by Crippen LogP contribution is -2.38. The van der Waals surface area contributed by atoms with Crippen LogP contribution in [0.3, 0.4) is 0 Å². The standard InChI is InChI=1S/C13H21N3O3/c1-9(15-12(7-17)8-19-2)10-3-5-11(6-4-10)16-13(14)18/h3-6,9,12,15,17H,7-8H2,1-2H3,(H3,14,16,18).